The third-order valence-corrected chi connectivity index (χ3v) is 8.31. The lowest BCUT2D eigenvalue weighted by Crippen LogP contribution is -2.37. The largest absolute Gasteiger partial charge is 0.354 e. The lowest BCUT2D eigenvalue weighted by atomic mass is 10.0. The standard InChI is InChI=1S/C25H31N3O3S/c1-19-10-15-28(16-11-19)32(30,31)23-7-8-24-22(17-23)12-14-27(24)18-25(29)26-13-9-21-6-4-3-5-20(21)2/h3-8,12,14,17,19H,9-11,13,15-16,18H2,1-2H3,(H,26,29). The summed E-state index contributed by atoms with van der Waals surface area (Å²) in [7, 11) is -3.49. The van der Waals surface area contributed by atoms with E-state index in [9.17, 15) is 13.2 Å². The average molecular weight is 454 g/mol. The van der Waals surface area contributed by atoms with Gasteiger partial charge in [0.15, 0.2) is 0 Å². The van der Waals surface area contributed by atoms with Gasteiger partial charge in [-0.25, -0.2) is 8.42 Å². The smallest absolute Gasteiger partial charge is 0.243 e. The van der Waals surface area contributed by atoms with E-state index < -0.39 is 10.0 Å². The Morgan fingerprint density at radius 2 is 1.84 bits per heavy atom. The maximum absolute atomic E-state index is 13.0. The number of carbonyl (C=O) groups excluding carboxylic acids is 1. The summed E-state index contributed by atoms with van der Waals surface area (Å²) in [5.41, 5.74) is 3.31. The first-order valence-electron chi connectivity index (χ1n) is 11.2. The number of hydrogen-bond acceptors (Lipinski definition) is 3. The van der Waals surface area contributed by atoms with Crippen LogP contribution < -0.4 is 5.32 Å². The molecule has 0 atom stereocenters. The van der Waals surface area contributed by atoms with Crippen molar-refractivity contribution in [3.05, 3.63) is 65.9 Å². The van der Waals surface area contributed by atoms with E-state index in [1.54, 1.807) is 22.5 Å². The molecule has 1 fully saturated rings. The van der Waals surface area contributed by atoms with Crippen molar-refractivity contribution in [2.24, 2.45) is 5.92 Å². The van der Waals surface area contributed by atoms with E-state index in [-0.39, 0.29) is 12.5 Å². The normalized spacial score (nSPS) is 15.8. The molecule has 170 valence electrons. The Hall–Kier alpha value is -2.64. The number of benzene rings is 2. The molecule has 1 aliphatic rings. The number of carbonyl (C=O) groups is 1. The van der Waals surface area contributed by atoms with Crippen molar-refractivity contribution in [2.75, 3.05) is 19.6 Å². The van der Waals surface area contributed by atoms with Gasteiger partial charge in [-0.05, 0) is 67.5 Å². The van der Waals surface area contributed by atoms with Gasteiger partial charge in [0.05, 0.1) is 4.90 Å². The van der Waals surface area contributed by atoms with Crippen molar-refractivity contribution < 1.29 is 13.2 Å². The van der Waals surface area contributed by atoms with Crippen molar-refractivity contribution >= 4 is 26.8 Å². The average Bonchev–Trinajstić information content (AvgIpc) is 3.17. The van der Waals surface area contributed by atoms with Crippen LogP contribution in [0, 0.1) is 12.8 Å². The van der Waals surface area contributed by atoms with E-state index in [1.807, 2.05) is 29.0 Å². The van der Waals surface area contributed by atoms with Crippen LogP contribution in [-0.4, -0.2) is 42.8 Å². The van der Waals surface area contributed by atoms with Crippen LogP contribution in [0.4, 0.5) is 0 Å². The van der Waals surface area contributed by atoms with Crippen LogP contribution in [0.15, 0.2) is 59.6 Å². The number of piperidine rings is 1. The topological polar surface area (TPSA) is 71.4 Å². The summed E-state index contributed by atoms with van der Waals surface area (Å²) in [6.07, 6.45) is 4.43. The monoisotopic (exact) mass is 453 g/mol. The third-order valence-electron chi connectivity index (χ3n) is 6.41. The summed E-state index contributed by atoms with van der Waals surface area (Å²) in [6, 6.07) is 15.2. The van der Waals surface area contributed by atoms with Gasteiger partial charge in [-0.15, -0.1) is 0 Å². The van der Waals surface area contributed by atoms with Crippen LogP contribution >= 0.6 is 0 Å². The molecule has 1 aliphatic heterocycles. The fourth-order valence-corrected chi connectivity index (χ4v) is 5.79. The molecular formula is C25H31N3O3S. The number of sulfonamides is 1. The molecule has 1 saturated heterocycles. The number of hydrogen-bond donors (Lipinski definition) is 1. The molecule has 0 bridgehead atoms. The maximum Gasteiger partial charge on any atom is 0.243 e. The summed E-state index contributed by atoms with van der Waals surface area (Å²) in [4.78, 5) is 12.8. The number of aryl methyl sites for hydroxylation is 1. The van der Waals surface area contributed by atoms with Crippen LogP contribution in [0.2, 0.25) is 0 Å². The van der Waals surface area contributed by atoms with Crippen molar-refractivity contribution in [3.8, 4) is 0 Å². The molecule has 0 saturated carbocycles. The SMILES string of the molecule is Cc1ccccc1CCNC(=O)Cn1ccc2cc(S(=O)(=O)N3CCC(C)CC3)ccc21. The Balaban J connectivity index is 1.40. The summed E-state index contributed by atoms with van der Waals surface area (Å²) < 4.78 is 29.5. The Labute approximate surface area is 190 Å². The molecule has 1 aromatic heterocycles. The number of aromatic nitrogens is 1. The molecule has 7 heteroatoms. The predicted molar refractivity (Wildman–Crippen MR) is 127 cm³/mol. The van der Waals surface area contributed by atoms with Gasteiger partial charge in [0.1, 0.15) is 6.54 Å². The molecule has 32 heavy (non-hydrogen) atoms. The van der Waals surface area contributed by atoms with Crippen LogP contribution in [0.5, 0.6) is 0 Å². The minimum atomic E-state index is -3.49. The minimum absolute atomic E-state index is 0.0600. The number of nitrogens with zero attached hydrogens (tertiary/aromatic N) is 2. The molecule has 2 heterocycles. The molecule has 1 amide bonds. The van der Waals surface area contributed by atoms with Crippen LogP contribution in [0.25, 0.3) is 10.9 Å². The number of nitrogens with one attached hydrogen (secondary N) is 1. The zero-order valence-electron chi connectivity index (χ0n) is 18.8. The van der Waals surface area contributed by atoms with Gasteiger partial charge in [-0.1, -0.05) is 31.2 Å². The van der Waals surface area contributed by atoms with Gasteiger partial charge < -0.3 is 9.88 Å². The Kier molecular flexibility index (Phi) is 6.67. The molecule has 3 aromatic rings. The second-order valence-corrected chi connectivity index (χ2v) is 10.7. The van der Waals surface area contributed by atoms with Crippen LogP contribution in [0.1, 0.15) is 30.9 Å². The second-order valence-electron chi connectivity index (χ2n) is 8.78. The fourth-order valence-electron chi connectivity index (χ4n) is 4.29. The predicted octanol–water partition coefficient (Wildman–Crippen LogP) is 3.73. The van der Waals surface area contributed by atoms with E-state index in [2.05, 4.69) is 31.3 Å². The second kappa shape index (κ2) is 9.46. The van der Waals surface area contributed by atoms with Gasteiger partial charge in [0, 0.05) is 36.7 Å². The summed E-state index contributed by atoms with van der Waals surface area (Å²) in [6.45, 7) is 6.17. The maximum atomic E-state index is 13.0. The van der Waals surface area contributed by atoms with Gasteiger partial charge in [-0.3, -0.25) is 4.79 Å². The van der Waals surface area contributed by atoms with Gasteiger partial charge in [-0.2, -0.15) is 4.31 Å². The van der Waals surface area contributed by atoms with E-state index in [4.69, 9.17) is 0 Å². The molecule has 6 nitrogen and oxygen atoms in total. The summed E-state index contributed by atoms with van der Waals surface area (Å²) >= 11 is 0. The molecular weight excluding hydrogens is 422 g/mol. The van der Waals surface area contributed by atoms with Crippen molar-refractivity contribution in [2.45, 2.75) is 44.6 Å². The molecule has 4 rings (SSSR count). The minimum Gasteiger partial charge on any atom is -0.354 e. The van der Waals surface area contributed by atoms with Crippen LogP contribution in [0.3, 0.4) is 0 Å². The number of fused-ring (bicyclic) bond motifs is 1. The number of amides is 1. The molecule has 0 spiro atoms. The van der Waals surface area contributed by atoms with Crippen molar-refractivity contribution in [1.29, 1.82) is 0 Å². The highest BCUT2D eigenvalue weighted by Crippen LogP contribution is 2.26. The molecule has 2 aromatic carbocycles. The first-order valence-corrected chi connectivity index (χ1v) is 12.7. The Morgan fingerprint density at radius 3 is 2.59 bits per heavy atom. The molecule has 0 aliphatic carbocycles. The van der Waals surface area contributed by atoms with Gasteiger partial charge in [0.2, 0.25) is 15.9 Å². The fraction of sp³-hybridized carbons (Fsp3) is 0.400. The van der Waals surface area contributed by atoms with Gasteiger partial charge >= 0.3 is 0 Å². The van der Waals surface area contributed by atoms with Crippen LogP contribution in [-0.2, 0) is 27.8 Å². The summed E-state index contributed by atoms with van der Waals surface area (Å²) in [5.74, 6) is 0.510. The highest BCUT2D eigenvalue weighted by molar-refractivity contribution is 7.89. The summed E-state index contributed by atoms with van der Waals surface area (Å²) in [5, 5.41) is 3.80. The zero-order valence-corrected chi connectivity index (χ0v) is 19.6. The molecule has 0 unspecified atom stereocenters. The Bertz CT molecular complexity index is 1210. The first kappa shape index (κ1) is 22.6. The molecule has 0 radical (unpaired) electrons. The lowest BCUT2D eigenvalue weighted by Gasteiger charge is -2.29. The van der Waals surface area contributed by atoms with E-state index in [0.29, 0.717) is 30.4 Å². The zero-order chi connectivity index (χ0) is 22.7. The Morgan fingerprint density at radius 1 is 1.09 bits per heavy atom. The highest BCUT2D eigenvalue weighted by Gasteiger charge is 2.28. The van der Waals surface area contributed by atoms with E-state index >= 15 is 0 Å². The molecule has 1 N–H and O–H groups in total. The third kappa shape index (κ3) is 4.89. The van der Waals surface area contributed by atoms with E-state index in [0.717, 1.165) is 30.2 Å². The number of rotatable bonds is 7. The van der Waals surface area contributed by atoms with E-state index in [1.165, 1.54) is 11.1 Å². The first-order chi connectivity index (χ1) is 15.3. The lowest BCUT2D eigenvalue weighted by molar-refractivity contribution is -0.121. The van der Waals surface area contributed by atoms with Crippen molar-refractivity contribution in [1.82, 2.24) is 14.2 Å². The highest BCUT2D eigenvalue weighted by atomic mass is 32.2. The quantitative estimate of drug-likeness (QED) is 0.593. The van der Waals surface area contributed by atoms with Gasteiger partial charge in [0.25, 0.3) is 0 Å². The van der Waals surface area contributed by atoms with Crippen molar-refractivity contribution in [3.63, 3.8) is 0 Å².